The maximum absolute atomic E-state index is 5.85. The lowest BCUT2D eigenvalue weighted by molar-refractivity contribution is 0.196. The Morgan fingerprint density at radius 2 is 2.33 bits per heavy atom. The minimum Gasteiger partial charge on any atom is -0.383 e. The number of likely N-dealkylation sites (N-methyl/N-ethyl adjacent to an activating group) is 1. The molecule has 2 rings (SSSR count). The second-order valence-electron chi connectivity index (χ2n) is 4.79. The van der Waals surface area contributed by atoms with Crippen molar-refractivity contribution in [1.82, 2.24) is 5.32 Å². The fourth-order valence-electron chi connectivity index (χ4n) is 2.48. The van der Waals surface area contributed by atoms with Crippen LogP contribution in [0.15, 0.2) is 18.2 Å². The molecule has 0 amide bonds. The van der Waals surface area contributed by atoms with Crippen molar-refractivity contribution in [3.8, 4) is 0 Å². The first-order valence-corrected chi connectivity index (χ1v) is 6.52. The van der Waals surface area contributed by atoms with Crippen LogP contribution in [-0.2, 0) is 11.2 Å². The van der Waals surface area contributed by atoms with Crippen LogP contribution < -0.4 is 16.0 Å². The molecule has 1 aliphatic rings. The normalized spacial score (nSPS) is 15.8. The fraction of sp³-hybridized carbons (Fsp3) is 0.571. The predicted octanol–water partition coefficient (Wildman–Crippen LogP) is 0.915. The second-order valence-corrected chi connectivity index (χ2v) is 4.79. The molecule has 1 heterocycles. The van der Waals surface area contributed by atoms with E-state index in [1.807, 2.05) is 0 Å². The molecule has 1 unspecified atom stereocenters. The number of hydrogen-bond acceptors (Lipinski definition) is 4. The third-order valence-electron chi connectivity index (χ3n) is 3.57. The van der Waals surface area contributed by atoms with Crippen molar-refractivity contribution in [2.24, 2.45) is 5.73 Å². The molecule has 0 saturated heterocycles. The average Bonchev–Trinajstić information content (AvgIpc) is 2.76. The van der Waals surface area contributed by atoms with Gasteiger partial charge in [-0.1, -0.05) is 12.1 Å². The maximum atomic E-state index is 5.85. The van der Waals surface area contributed by atoms with Gasteiger partial charge in [0.2, 0.25) is 0 Å². The molecule has 3 N–H and O–H groups in total. The summed E-state index contributed by atoms with van der Waals surface area (Å²) in [4.78, 5) is 2.30. The van der Waals surface area contributed by atoms with Crippen LogP contribution in [0.5, 0.6) is 0 Å². The van der Waals surface area contributed by atoms with Crippen LogP contribution in [0.1, 0.15) is 17.2 Å². The lowest BCUT2D eigenvalue weighted by Gasteiger charge is -2.19. The molecule has 18 heavy (non-hydrogen) atoms. The standard InChI is InChI=1S/C14H23N3O/c1-17-7-5-12-9-11(3-4-14(12)17)13(10-15)16-6-8-18-2/h3-4,9,13,16H,5-8,10,15H2,1-2H3. The molecule has 0 bridgehead atoms. The zero-order valence-electron chi connectivity index (χ0n) is 11.3. The van der Waals surface area contributed by atoms with Gasteiger partial charge in [0, 0.05) is 45.5 Å². The molecule has 0 aliphatic carbocycles. The number of hydrogen-bond donors (Lipinski definition) is 2. The van der Waals surface area contributed by atoms with Crippen molar-refractivity contribution >= 4 is 5.69 Å². The van der Waals surface area contributed by atoms with Gasteiger partial charge >= 0.3 is 0 Å². The summed E-state index contributed by atoms with van der Waals surface area (Å²) in [7, 11) is 3.85. The third-order valence-corrected chi connectivity index (χ3v) is 3.57. The average molecular weight is 249 g/mol. The van der Waals surface area contributed by atoms with Gasteiger partial charge in [-0.2, -0.15) is 0 Å². The number of fused-ring (bicyclic) bond motifs is 1. The number of methoxy groups -OCH3 is 1. The number of anilines is 1. The molecule has 4 nitrogen and oxygen atoms in total. The highest BCUT2D eigenvalue weighted by Crippen LogP contribution is 2.29. The van der Waals surface area contributed by atoms with Crippen molar-refractivity contribution in [1.29, 1.82) is 0 Å². The quantitative estimate of drug-likeness (QED) is 0.736. The summed E-state index contributed by atoms with van der Waals surface area (Å²) in [5, 5.41) is 3.43. The molecule has 1 aromatic carbocycles. The van der Waals surface area contributed by atoms with E-state index in [0.29, 0.717) is 13.2 Å². The first kappa shape index (κ1) is 13.3. The highest BCUT2D eigenvalue weighted by Gasteiger charge is 2.17. The predicted molar refractivity (Wildman–Crippen MR) is 75.1 cm³/mol. The van der Waals surface area contributed by atoms with Crippen molar-refractivity contribution in [2.75, 3.05) is 45.3 Å². The Balaban J connectivity index is 2.07. The van der Waals surface area contributed by atoms with Gasteiger partial charge in [0.1, 0.15) is 0 Å². The molecule has 1 aliphatic heterocycles. The van der Waals surface area contributed by atoms with Gasteiger partial charge < -0.3 is 20.7 Å². The van der Waals surface area contributed by atoms with Crippen LogP contribution >= 0.6 is 0 Å². The van der Waals surface area contributed by atoms with Gasteiger partial charge in [0.15, 0.2) is 0 Å². The maximum Gasteiger partial charge on any atom is 0.0587 e. The van der Waals surface area contributed by atoms with Crippen LogP contribution in [0, 0.1) is 0 Å². The summed E-state index contributed by atoms with van der Waals surface area (Å²) < 4.78 is 5.05. The molecule has 1 atom stereocenters. The summed E-state index contributed by atoms with van der Waals surface area (Å²) in [5.41, 5.74) is 9.91. The van der Waals surface area contributed by atoms with E-state index in [4.69, 9.17) is 10.5 Å². The fourth-order valence-corrected chi connectivity index (χ4v) is 2.48. The molecule has 0 aromatic heterocycles. The molecule has 4 heteroatoms. The van der Waals surface area contributed by atoms with E-state index in [1.165, 1.54) is 16.8 Å². The molecular formula is C14H23N3O. The van der Waals surface area contributed by atoms with Crippen LogP contribution in [-0.4, -0.2) is 40.4 Å². The molecular weight excluding hydrogens is 226 g/mol. The third kappa shape index (κ3) is 2.83. The molecule has 0 radical (unpaired) electrons. The first-order valence-electron chi connectivity index (χ1n) is 6.52. The van der Waals surface area contributed by atoms with Crippen LogP contribution in [0.2, 0.25) is 0 Å². The Bertz CT molecular complexity index is 395. The van der Waals surface area contributed by atoms with E-state index in [1.54, 1.807) is 7.11 Å². The van der Waals surface area contributed by atoms with Crippen LogP contribution in [0.3, 0.4) is 0 Å². The number of nitrogens with one attached hydrogen (secondary N) is 1. The molecule has 100 valence electrons. The van der Waals surface area contributed by atoms with Crippen molar-refractivity contribution in [3.63, 3.8) is 0 Å². The van der Waals surface area contributed by atoms with Gasteiger partial charge in [-0.15, -0.1) is 0 Å². The van der Waals surface area contributed by atoms with E-state index >= 15 is 0 Å². The van der Waals surface area contributed by atoms with Gasteiger partial charge in [0.25, 0.3) is 0 Å². The Labute approximate surface area is 109 Å². The lowest BCUT2D eigenvalue weighted by atomic mass is 10.0. The highest BCUT2D eigenvalue weighted by molar-refractivity contribution is 5.58. The second kappa shape index (κ2) is 6.18. The summed E-state index contributed by atoms with van der Waals surface area (Å²) in [6.45, 7) is 3.26. The largest absolute Gasteiger partial charge is 0.383 e. The number of ether oxygens (including phenoxy) is 1. The lowest BCUT2D eigenvalue weighted by Crippen LogP contribution is -2.30. The van der Waals surface area contributed by atoms with Crippen molar-refractivity contribution in [2.45, 2.75) is 12.5 Å². The number of rotatable bonds is 6. The van der Waals surface area contributed by atoms with E-state index < -0.39 is 0 Å². The monoisotopic (exact) mass is 249 g/mol. The zero-order valence-corrected chi connectivity index (χ0v) is 11.3. The van der Waals surface area contributed by atoms with Gasteiger partial charge in [-0.05, 0) is 23.6 Å². The molecule has 1 aromatic rings. The van der Waals surface area contributed by atoms with E-state index in [0.717, 1.165) is 19.5 Å². The van der Waals surface area contributed by atoms with Crippen molar-refractivity contribution in [3.05, 3.63) is 29.3 Å². The molecule has 0 spiro atoms. The minimum atomic E-state index is 0.219. The Kier molecular flexibility index (Phi) is 4.58. The smallest absolute Gasteiger partial charge is 0.0587 e. The number of nitrogens with two attached hydrogens (primary N) is 1. The van der Waals surface area contributed by atoms with Gasteiger partial charge in [0.05, 0.1) is 6.61 Å². The van der Waals surface area contributed by atoms with Gasteiger partial charge in [-0.3, -0.25) is 0 Å². The number of nitrogens with zero attached hydrogens (tertiary/aromatic N) is 1. The Morgan fingerprint density at radius 1 is 1.50 bits per heavy atom. The Hall–Kier alpha value is -1.10. The Morgan fingerprint density at radius 3 is 3.06 bits per heavy atom. The van der Waals surface area contributed by atoms with E-state index in [-0.39, 0.29) is 6.04 Å². The van der Waals surface area contributed by atoms with Crippen LogP contribution in [0.4, 0.5) is 5.69 Å². The summed E-state index contributed by atoms with van der Waals surface area (Å²) in [6.07, 6.45) is 1.13. The topological polar surface area (TPSA) is 50.5 Å². The first-order chi connectivity index (χ1) is 8.76. The minimum absolute atomic E-state index is 0.219. The molecule has 0 fully saturated rings. The van der Waals surface area contributed by atoms with Gasteiger partial charge in [-0.25, -0.2) is 0 Å². The molecule has 0 saturated carbocycles. The summed E-state index contributed by atoms with van der Waals surface area (Å²) in [6, 6.07) is 6.89. The van der Waals surface area contributed by atoms with E-state index in [9.17, 15) is 0 Å². The summed E-state index contributed by atoms with van der Waals surface area (Å²) >= 11 is 0. The van der Waals surface area contributed by atoms with E-state index in [2.05, 4.69) is 35.5 Å². The summed E-state index contributed by atoms with van der Waals surface area (Å²) in [5.74, 6) is 0. The SMILES string of the molecule is COCCNC(CN)c1ccc2c(c1)CCN2C. The zero-order chi connectivity index (χ0) is 13.0. The number of benzene rings is 1. The highest BCUT2D eigenvalue weighted by atomic mass is 16.5. The van der Waals surface area contributed by atoms with Crippen LogP contribution in [0.25, 0.3) is 0 Å². The van der Waals surface area contributed by atoms with Crippen molar-refractivity contribution < 1.29 is 4.74 Å².